The Labute approximate surface area is 125 Å². The summed E-state index contributed by atoms with van der Waals surface area (Å²) in [4.78, 5) is 23.8. The van der Waals surface area contributed by atoms with Gasteiger partial charge >= 0.3 is 5.97 Å². The molecule has 0 unspecified atom stereocenters. The second-order valence-electron chi connectivity index (χ2n) is 5.69. The molecular formula is C16H23NO4. The first-order chi connectivity index (χ1) is 9.73. The van der Waals surface area contributed by atoms with Crippen LogP contribution in [0.4, 0.5) is 0 Å². The van der Waals surface area contributed by atoms with Crippen molar-refractivity contribution in [3.8, 4) is 5.75 Å². The van der Waals surface area contributed by atoms with E-state index in [1.807, 2.05) is 6.92 Å². The Balaban J connectivity index is 2.61. The second-order valence-corrected chi connectivity index (χ2v) is 5.69. The highest BCUT2D eigenvalue weighted by molar-refractivity contribution is 5.96. The molecule has 5 nitrogen and oxygen atoms in total. The molecule has 0 saturated heterocycles. The lowest BCUT2D eigenvalue weighted by Gasteiger charge is -2.22. The topological polar surface area (TPSA) is 64.6 Å². The van der Waals surface area contributed by atoms with Gasteiger partial charge in [0.25, 0.3) is 5.91 Å². The van der Waals surface area contributed by atoms with Crippen LogP contribution in [-0.2, 0) is 9.53 Å². The molecule has 0 aromatic heterocycles. The zero-order valence-corrected chi connectivity index (χ0v) is 13.2. The van der Waals surface area contributed by atoms with Gasteiger partial charge < -0.3 is 14.8 Å². The summed E-state index contributed by atoms with van der Waals surface area (Å²) in [5.74, 6) is -0.0764. The minimum Gasteiger partial charge on any atom is -0.494 e. The molecule has 0 bridgehead atoms. The van der Waals surface area contributed by atoms with Gasteiger partial charge in [0.1, 0.15) is 17.4 Å². The van der Waals surface area contributed by atoms with Gasteiger partial charge in [0.05, 0.1) is 6.61 Å². The number of esters is 1. The van der Waals surface area contributed by atoms with Gasteiger partial charge in [-0.3, -0.25) is 4.79 Å². The third-order valence-electron chi connectivity index (χ3n) is 2.54. The molecule has 0 radical (unpaired) electrons. The number of hydrogen-bond donors (Lipinski definition) is 1. The lowest BCUT2D eigenvalue weighted by Crippen LogP contribution is -2.42. The maximum Gasteiger partial charge on any atom is 0.328 e. The molecule has 0 spiro atoms. The third kappa shape index (κ3) is 5.85. The molecule has 1 amide bonds. The van der Waals surface area contributed by atoms with Crippen LogP contribution in [0.15, 0.2) is 24.3 Å². The SMILES string of the molecule is CCOc1ccc(C(=O)N[C@H](C)C(=O)OC(C)(C)C)cc1. The van der Waals surface area contributed by atoms with Gasteiger partial charge in [-0.1, -0.05) is 0 Å². The van der Waals surface area contributed by atoms with Crippen LogP contribution in [0.2, 0.25) is 0 Å². The van der Waals surface area contributed by atoms with E-state index in [-0.39, 0.29) is 5.91 Å². The Kier molecular flexibility index (Phi) is 5.76. The Morgan fingerprint density at radius 1 is 1.19 bits per heavy atom. The van der Waals surface area contributed by atoms with Gasteiger partial charge in [-0.15, -0.1) is 0 Å². The average Bonchev–Trinajstić information content (AvgIpc) is 2.37. The van der Waals surface area contributed by atoms with Gasteiger partial charge in [-0.2, -0.15) is 0 Å². The molecule has 0 heterocycles. The monoisotopic (exact) mass is 293 g/mol. The molecule has 1 aromatic carbocycles. The van der Waals surface area contributed by atoms with Gasteiger partial charge in [0, 0.05) is 5.56 Å². The van der Waals surface area contributed by atoms with Gasteiger partial charge in [0.2, 0.25) is 0 Å². The van der Waals surface area contributed by atoms with Crippen molar-refractivity contribution in [3.05, 3.63) is 29.8 Å². The maximum atomic E-state index is 12.0. The van der Waals surface area contributed by atoms with Crippen LogP contribution in [0.1, 0.15) is 45.0 Å². The standard InChI is InChI=1S/C16H23NO4/c1-6-20-13-9-7-12(8-10-13)14(18)17-11(2)15(19)21-16(3,4)5/h7-11H,6H2,1-5H3,(H,17,18)/t11-/m1/s1. The maximum absolute atomic E-state index is 12.0. The fourth-order valence-electron chi connectivity index (χ4n) is 1.60. The zero-order chi connectivity index (χ0) is 16.0. The van der Waals surface area contributed by atoms with Gasteiger partial charge in [-0.05, 0) is 58.9 Å². The Morgan fingerprint density at radius 3 is 2.24 bits per heavy atom. The highest BCUT2D eigenvalue weighted by Gasteiger charge is 2.23. The second kappa shape index (κ2) is 7.11. The number of amides is 1. The Hall–Kier alpha value is -2.04. The van der Waals surface area contributed by atoms with Crippen molar-refractivity contribution < 1.29 is 19.1 Å². The van der Waals surface area contributed by atoms with Crippen molar-refractivity contribution in [2.75, 3.05) is 6.61 Å². The molecule has 0 aliphatic carbocycles. The van der Waals surface area contributed by atoms with Crippen molar-refractivity contribution in [2.24, 2.45) is 0 Å². The number of carbonyl (C=O) groups excluding carboxylic acids is 2. The van der Waals surface area contributed by atoms with Gasteiger partial charge in [-0.25, -0.2) is 4.79 Å². The van der Waals surface area contributed by atoms with E-state index >= 15 is 0 Å². The van der Waals surface area contributed by atoms with Crippen LogP contribution in [0.25, 0.3) is 0 Å². The molecule has 0 saturated carbocycles. The predicted molar refractivity (Wildman–Crippen MR) is 80.4 cm³/mol. The summed E-state index contributed by atoms with van der Waals surface area (Å²) >= 11 is 0. The molecular weight excluding hydrogens is 270 g/mol. The molecule has 0 fully saturated rings. The quantitative estimate of drug-likeness (QED) is 0.847. The summed E-state index contributed by atoms with van der Waals surface area (Å²) in [7, 11) is 0. The lowest BCUT2D eigenvalue weighted by molar-refractivity contribution is -0.156. The van der Waals surface area contributed by atoms with Crippen molar-refractivity contribution in [1.29, 1.82) is 0 Å². The van der Waals surface area contributed by atoms with E-state index < -0.39 is 17.6 Å². The van der Waals surface area contributed by atoms with Crippen molar-refractivity contribution in [1.82, 2.24) is 5.32 Å². The van der Waals surface area contributed by atoms with E-state index in [4.69, 9.17) is 9.47 Å². The summed E-state index contributed by atoms with van der Waals surface area (Å²) in [6.07, 6.45) is 0. The smallest absolute Gasteiger partial charge is 0.328 e. The number of carbonyl (C=O) groups is 2. The average molecular weight is 293 g/mol. The highest BCUT2D eigenvalue weighted by Crippen LogP contribution is 2.12. The van der Waals surface area contributed by atoms with Crippen LogP contribution < -0.4 is 10.1 Å². The molecule has 5 heteroatoms. The molecule has 1 aromatic rings. The van der Waals surface area contributed by atoms with Crippen molar-refractivity contribution >= 4 is 11.9 Å². The summed E-state index contributed by atoms with van der Waals surface area (Å²) in [6, 6.07) is 6.04. The zero-order valence-electron chi connectivity index (χ0n) is 13.2. The largest absolute Gasteiger partial charge is 0.494 e. The summed E-state index contributed by atoms with van der Waals surface area (Å²) in [5.41, 5.74) is -0.108. The Morgan fingerprint density at radius 2 is 1.76 bits per heavy atom. The fourth-order valence-corrected chi connectivity index (χ4v) is 1.60. The Bertz CT molecular complexity index is 488. The van der Waals surface area contributed by atoms with Crippen molar-refractivity contribution in [2.45, 2.75) is 46.3 Å². The van der Waals surface area contributed by atoms with E-state index in [0.717, 1.165) is 0 Å². The summed E-state index contributed by atoms with van der Waals surface area (Å²) in [5, 5.41) is 2.62. The molecule has 21 heavy (non-hydrogen) atoms. The normalized spacial score (nSPS) is 12.4. The van der Waals surface area contributed by atoms with Gasteiger partial charge in [0.15, 0.2) is 0 Å². The van der Waals surface area contributed by atoms with E-state index in [1.165, 1.54) is 0 Å². The number of benzene rings is 1. The first-order valence-electron chi connectivity index (χ1n) is 6.99. The fraction of sp³-hybridized carbons (Fsp3) is 0.500. The predicted octanol–water partition coefficient (Wildman–Crippen LogP) is 2.55. The molecule has 1 atom stereocenters. The third-order valence-corrected chi connectivity index (χ3v) is 2.54. The minimum absolute atomic E-state index is 0.323. The van der Waals surface area contributed by atoms with Crippen LogP contribution >= 0.6 is 0 Å². The molecule has 116 valence electrons. The van der Waals surface area contributed by atoms with Crippen LogP contribution in [-0.4, -0.2) is 30.1 Å². The van der Waals surface area contributed by atoms with E-state index in [2.05, 4.69) is 5.32 Å². The number of ether oxygens (including phenoxy) is 2. The van der Waals surface area contributed by atoms with Crippen LogP contribution in [0, 0.1) is 0 Å². The summed E-state index contributed by atoms with van der Waals surface area (Å²) < 4.78 is 10.5. The van der Waals surface area contributed by atoms with E-state index in [9.17, 15) is 9.59 Å². The van der Waals surface area contributed by atoms with Crippen LogP contribution in [0.3, 0.4) is 0 Å². The molecule has 1 rings (SSSR count). The first kappa shape index (κ1) is 17.0. The molecule has 0 aliphatic heterocycles. The minimum atomic E-state index is -0.705. The number of hydrogen-bond acceptors (Lipinski definition) is 4. The van der Waals surface area contributed by atoms with Crippen LogP contribution in [0.5, 0.6) is 5.75 Å². The molecule has 0 aliphatic rings. The van der Waals surface area contributed by atoms with E-state index in [0.29, 0.717) is 17.9 Å². The first-order valence-corrected chi connectivity index (χ1v) is 6.99. The number of nitrogens with one attached hydrogen (secondary N) is 1. The molecule has 1 N–H and O–H groups in total. The summed E-state index contributed by atoms with van der Waals surface area (Å²) in [6.45, 7) is 9.41. The number of rotatable bonds is 5. The highest BCUT2D eigenvalue weighted by atomic mass is 16.6. The lowest BCUT2D eigenvalue weighted by atomic mass is 10.1. The van der Waals surface area contributed by atoms with Crippen molar-refractivity contribution in [3.63, 3.8) is 0 Å². The van der Waals surface area contributed by atoms with E-state index in [1.54, 1.807) is 52.0 Å².